The predicted octanol–water partition coefficient (Wildman–Crippen LogP) is 5.62. The molecule has 170 valence electrons. The highest BCUT2D eigenvalue weighted by Gasteiger charge is 2.40. The van der Waals surface area contributed by atoms with Crippen LogP contribution < -0.4 is 10.2 Å². The summed E-state index contributed by atoms with van der Waals surface area (Å²) in [5, 5.41) is 12.7. The van der Waals surface area contributed by atoms with Crippen LogP contribution in [-0.2, 0) is 22.4 Å². The minimum Gasteiger partial charge on any atom is -0.321 e. The molecule has 3 aromatic carbocycles. The molecule has 5 nitrogen and oxygen atoms in total. The second-order valence-electron chi connectivity index (χ2n) is 8.10. The van der Waals surface area contributed by atoms with Crippen LogP contribution in [0.15, 0.2) is 89.5 Å². The lowest BCUT2D eigenvalue weighted by Crippen LogP contribution is -2.30. The smallest absolute Gasteiger partial charge is 0.269 e. The number of hydrogen-bond donors (Lipinski definition) is 1. The van der Waals surface area contributed by atoms with E-state index in [0.29, 0.717) is 22.8 Å². The lowest BCUT2D eigenvalue weighted by atomic mass is 10.1. The van der Waals surface area contributed by atoms with Gasteiger partial charge in [0.05, 0.1) is 5.25 Å². The fraction of sp³-hybridized carbons (Fsp3) is 0.179. The van der Waals surface area contributed by atoms with Crippen molar-refractivity contribution in [2.75, 3.05) is 10.2 Å². The van der Waals surface area contributed by atoms with Gasteiger partial charge in [0.2, 0.25) is 5.91 Å². The van der Waals surface area contributed by atoms with Crippen LogP contribution in [0.25, 0.3) is 0 Å². The van der Waals surface area contributed by atoms with E-state index in [9.17, 15) is 14.9 Å². The monoisotopic (exact) mass is 467 g/mol. The van der Waals surface area contributed by atoms with Crippen LogP contribution in [0.2, 0.25) is 0 Å². The number of rotatable bonds is 6. The standard InChI is InChI=1S/C28H25N3O2S/c1-3-20-11-13-21(14-12-20)17-25-27(33)31(23-7-5-4-6-8-23)28(34-25)24(18-29)26(32)30-22-15-9-19(2)10-16-22/h4-16,25H,3,17H2,1-2H3,(H,30,32)/b28-24-. The van der Waals surface area contributed by atoms with Gasteiger partial charge in [-0.3, -0.25) is 14.5 Å². The number of carbonyl (C=O) groups is 2. The van der Waals surface area contributed by atoms with Gasteiger partial charge in [0.15, 0.2) is 0 Å². The van der Waals surface area contributed by atoms with Gasteiger partial charge < -0.3 is 5.32 Å². The van der Waals surface area contributed by atoms with Crippen LogP contribution in [0.3, 0.4) is 0 Å². The van der Waals surface area contributed by atoms with Crippen LogP contribution in [-0.4, -0.2) is 17.1 Å². The first-order valence-electron chi connectivity index (χ1n) is 11.2. The molecule has 1 atom stereocenters. The highest BCUT2D eigenvalue weighted by atomic mass is 32.2. The zero-order valence-electron chi connectivity index (χ0n) is 19.1. The Hall–Kier alpha value is -3.82. The van der Waals surface area contributed by atoms with Gasteiger partial charge in [0.1, 0.15) is 16.7 Å². The molecule has 0 spiro atoms. The van der Waals surface area contributed by atoms with Crippen molar-refractivity contribution in [2.24, 2.45) is 0 Å². The first kappa shape index (κ1) is 23.3. The molecule has 0 saturated carbocycles. The van der Waals surface area contributed by atoms with Gasteiger partial charge in [0.25, 0.3) is 5.91 Å². The third-order valence-corrected chi connectivity index (χ3v) is 6.94. The number of carbonyl (C=O) groups excluding carboxylic acids is 2. The van der Waals surface area contributed by atoms with E-state index in [4.69, 9.17) is 0 Å². The topological polar surface area (TPSA) is 73.2 Å². The molecule has 6 heteroatoms. The molecule has 1 aliphatic heterocycles. The average molecular weight is 468 g/mol. The molecule has 0 aromatic heterocycles. The van der Waals surface area contributed by atoms with Crippen LogP contribution in [0, 0.1) is 18.3 Å². The van der Waals surface area contributed by atoms with Crippen LogP contribution in [0.1, 0.15) is 23.6 Å². The summed E-state index contributed by atoms with van der Waals surface area (Å²) < 4.78 is 0. The van der Waals surface area contributed by atoms with E-state index in [-0.39, 0.29) is 11.5 Å². The first-order chi connectivity index (χ1) is 16.5. The summed E-state index contributed by atoms with van der Waals surface area (Å²) in [6, 6.07) is 26.8. The molecule has 4 rings (SSSR count). The summed E-state index contributed by atoms with van der Waals surface area (Å²) in [5.74, 6) is -0.669. The Balaban J connectivity index is 1.68. The molecule has 1 N–H and O–H groups in total. The highest BCUT2D eigenvalue weighted by molar-refractivity contribution is 8.05. The summed E-state index contributed by atoms with van der Waals surface area (Å²) in [4.78, 5) is 28.1. The zero-order valence-corrected chi connectivity index (χ0v) is 19.9. The maximum atomic E-state index is 13.5. The Morgan fingerprint density at radius 3 is 2.26 bits per heavy atom. The molecule has 2 amide bonds. The second kappa shape index (κ2) is 10.4. The maximum Gasteiger partial charge on any atom is 0.269 e. The van der Waals surface area contributed by atoms with Gasteiger partial charge in [-0.15, -0.1) is 0 Å². The summed E-state index contributed by atoms with van der Waals surface area (Å²) in [6.07, 6.45) is 1.46. The van der Waals surface area contributed by atoms with Crippen molar-refractivity contribution >= 4 is 35.0 Å². The van der Waals surface area contributed by atoms with Crippen LogP contribution in [0.4, 0.5) is 11.4 Å². The number of benzene rings is 3. The van der Waals surface area contributed by atoms with Crippen molar-refractivity contribution in [1.82, 2.24) is 0 Å². The Bertz CT molecular complexity index is 1260. The van der Waals surface area contributed by atoms with E-state index in [1.165, 1.54) is 22.2 Å². The maximum absolute atomic E-state index is 13.5. The molecule has 1 aliphatic rings. The number of hydrogen-bond acceptors (Lipinski definition) is 4. The third-order valence-electron chi connectivity index (χ3n) is 5.68. The van der Waals surface area contributed by atoms with Crippen LogP contribution >= 0.6 is 11.8 Å². The Morgan fingerprint density at radius 1 is 1.00 bits per heavy atom. The van der Waals surface area contributed by atoms with Gasteiger partial charge in [-0.05, 0) is 55.2 Å². The molecule has 34 heavy (non-hydrogen) atoms. The summed E-state index contributed by atoms with van der Waals surface area (Å²) in [6.45, 7) is 4.06. The fourth-order valence-electron chi connectivity index (χ4n) is 3.75. The highest BCUT2D eigenvalue weighted by Crippen LogP contribution is 2.42. The molecule has 1 saturated heterocycles. The summed E-state index contributed by atoms with van der Waals surface area (Å²) in [7, 11) is 0. The van der Waals surface area contributed by atoms with E-state index in [2.05, 4.69) is 24.4 Å². The zero-order chi connectivity index (χ0) is 24.1. The van der Waals surface area contributed by atoms with Crippen molar-refractivity contribution < 1.29 is 9.59 Å². The molecular weight excluding hydrogens is 442 g/mol. The Morgan fingerprint density at radius 2 is 1.65 bits per heavy atom. The van der Waals surface area contributed by atoms with Crippen molar-refractivity contribution in [3.63, 3.8) is 0 Å². The van der Waals surface area contributed by atoms with E-state index < -0.39 is 11.2 Å². The van der Waals surface area contributed by atoms with E-state index in [0.717, 1.165) is 17.5 Å². The van der Waals surface area contributed by atoms with Gasteiger partial charge in [0, 0.05) is 11.4 Å². The second-order valence-corrected chi connectivity index (χ2v) is 9.29. The van der Waals surface area contributed by atoms with Gasteiger partial charge >= 0.3 is 0 Å². The number of aryl methyl sites for hydroxylation is 2. The van der Waals surface area contributed by atoms with Crippen molar-refractivity contribution in [1.29, 1.82) is 5.26 Å². The van der Waals surface area contributed by atoms with Crippen molar-refractivity contribution in [2.45, 2.75) is 31.9 Å². The number of thioether (sulfide) groups is 1. The van der Waals surface area contributed by atoms with Crippen molar-refractivity contribution in [3.8, 4) is 6.07 Å². The van der Waals surface area contributed by atoms with Crippen molar-refractivity contribution in [3.05, 3.63) is 106 Å². The molecule has 3 aromatic rings. The van der Waals surface area contributed by atoms with E-state index >= 15 is 0 Å². The van der Waals surface area contributed by atoms with Gasteiger partial charge in [-0.25, -0.2) is 0 Å². The lowest BCUT2D eigenvalue weighted by Gasteiger charge is -2.18. The summed E-state index contributed by atoms with van der Waals surface area (Å²) in [5.41, 5.74) is 4.50. The Kier molecular flexibility index (Phi) is 7.15. The third kappa shape index (κ3) is 5.05. The van der Waals surface area contributed by atoms with Gasteiger partial charge in [-0.1, -0.05) is 78.8 Å². The molecule has 0 aliphatic carbocycles. The quantitative estimate of drug-likeness (QED) is 0.377. The molecule has 1 fully saturated rings. The molecule has 1 heterocycles. The number of amides is 2. The minimum atomic E-state index is -0.532. The average Bonchev–Trinajstić information content (AvgIpc) is 3.17. The number of anilines is 2. The minimum absolute atomic E-state index is 0.0772. The number of para-hydroxylation sites is 1. The van der Waals surface area contributed by atoms with Gasteiger partial charge in [-0.2, -0.15) is 5.26 Å². The summed E-state index contributed by atoms with van der Waals surface area (Å²) >= 11 is 1.27. The van der Waals surface area contributed by atoms with Crippen LogP contribution in [0.5, 0.6) is 0 Å². The van der Waals surface area contributed by atoms with E-state index in [1.807, 2.05) is 67.6 Å². The molecule has 1 unspecified atom stereocenters. The molecular formula is C28H25N3O2S. The normalized spacial score (nSPS) is 16.8. The fourth-order valence-corrected chi connectivity index (χ4v) is 5.06. The lowest BCUT2D eigenvalue weighted by molar-refractivity contribution is -0.117. The predicted molar refractivity (Wildman–Crippen MR) is 137 cm³/mol. The number of nitrogens with zero attached hydrogens (tertiary/aromatic N) is 2. The first-order valence-corrected chi connectivity index (χ1v) is 12.0. The number of nitrogens with one attached hydrogen (secondary N) is 1. The largest absolute Gasteiger partial charge is 0.321 e. The molecule has 0 radical (unpaired) electrons. The molecule has 0 bridgehead atoms. The number of nitriles is 1. The SMILES string of the molecule is CCc1ccc(CC2S/C(=C(/C#N)C(=O)Nc3ccc(C)cc3)N(c3ccccc3)C2=O)cc1. The van der Waals surface area contributed by atoms with E-state index in [1.54, 1.807) is 12.1 Å². The Labute approximate surface area is 204 Å².